The van der Waals surface area contributed by atoms with Gasteiger partial charge in [0.2, 0.25) is 0 Å². The number of carbonyl (C=O) groups excluding carboxylic acids is 1. The number of pyridine rings is 1. The number of hydrogen-bond donors (Lipinski definition) is 2. The Labute approximate surface area is 145 Å². The number of rotatable bonds is 4. The van der Waals surface area contributed by atoms with Crippen molar-refractivity contribution in [2.45, 2.75) is 51.5 Å². The highest BCUT2D eigenvalue weighted by atomic mass is 16.1. The summed E-state index contributed by atoms with van der Waals surface area (Å²) >= 11 is 0. The Bertz CT molecular complexity index is 903. The molecular weight excluding hydrogens is 316 g/mol. The molecule has 1 saturated carbocycles. The van der Waals surface area contributed by atoms with E-state index in [4.69, 9.17) is 0 Å². The van der Waals surface area contributed by atoms with Gasteiger partial charge in [-0.25, -0.2) is 9.67 Å². The summed E-state index contributed by atoms with van der Waals surface area (Å²) in [4.78, 5) is 17.0. The van der Waals surface area contributed by atoms with Gasteiger partial charge in [0.25, 0.3) is 5.91 Å². The molecule has 3 heterocycles. The minimum atomic E-state index is -0.218. The summed E-state index contributed by atoms with van der Waals surface area (Å²) in [6.45, 7) is 4.14. The number of hydrogen-bond acceptors (Lipinski definition) is 4. The zero-order chi connectivity index (χ0) is 17.4. The molecule has 1 amide bonds. The van der Waals surface area contributed by atoms with E-state index in [-0.39, 0.29) is 5.91 Å². The number of fused-ring (bicyclic) bond motifs is 1. The highest BCUT2D eigenvalue weighted by Gasteiger charge is 2.20. The third-order valence-corrected chi connectivity index (χ3v) is 4.83. The number of aromatic amines is 1. The van der Waals surface area contributed by atoms with Gasteiger partial charge in [0, 0.05) is 23.3 Å². The van der Waals surface area contributed by atoms with Crippen molar-refractivity contribution in [3.63, 3.8) is 0 Å². The molecule has 0 unspecified atom stereocenters. The molecule has 0 aliphatic heterocycles. The average Bonchev–Trinajstić information content (AvgIpc) is 3.33. The highest BCUT2D eigenvalue weighted by molar-refractivity contribution is 6.05. The number of aromatic nitrogens is 5. The van der Waals surface area contributed by atoms with E-state index >= 15 is 0 Å². The Morgan fingerprint density at radius 1 is 1.28 bits per heavy atom. The maximum Gasteiger partial charge on any atom is 0.258 e. The Kier molecular flexibility index (Phi) is 3.99. The second kappa shape index (κ2) is 6.31. The molecule has 3 aromatic heterocycles. The highest BCUT2D eigenvalue weighted by Crippen LogP contribution is 2.31. The molecule has 0 aromatic carbocycles. The normalized spacial score (nSPS) is 15.3. The number of carbonyl (C=O) groups is 1. The maximum atomic E-state index is 12.5. The lowest BCUT2D eigenvalue weighted by molar-refractivity contribution is 0.102. The first-order valence-corrected chi connectivity index (χ1v) is 8.82. The monoisotopic (exact) mass is 338 g/mol. The molecular formula is C18H22N6O. The van der Waals surface area contributed by atoms with Crippen LogP contribution in [0.25, 0.3) is 11.0 Å². The maximum absolute atomic E-state index is 12.5. The average molecular weight is 338 g/mol. The van der Waals surface area contributed by atoms with Crippen LogP contribution in [0.2, 0.25) is 0 Å². The lowest BCUT2D eigenvalue weighted by atomic mass is 10.1. The van der Waals surface area contributed by atoms with E-state index in [1.54, 1.807) is 12.4 Å². The molecule has 7 nitrogen and oxygen atoms in total. The number of nitrogens with zero attached hydrogens (tertiary/aromatic N) is 4. The van der Waals surface area contributed by atoms with Crippen LogP contribution in [0.3, 0.4) is 0 Å². The Morgan fingerprint density at radius 3 is 2.80 bits per heavy atom. The van der Waals surface area contributed by atoms with Crippen LogP contribution in [-0.2, 0) is 0 Å². The predicted octanol–water partition coefficient (Wildman–Crippen LogP) is 3.65. The van der Waals surface area contributed by atoms with Crippen molar-refractivity contribution in [3.05, 3.63) is 35.8 Å². The van der Waals surface area contributed by atoms with Crippen molar-refractivity contribution >= 4 is 22.8 Å². The largest absolute Gasteiger partial charge is 0.305 e. The zero-order valence-electron chi connectivity index (χ0n) is 14.5. The molecule has 4 rings (SSSR count). The molecule has 0 saturated heterocycles. The van der Waals surface area contributed by atoms with Crippen molar-refractivity contribution in [1.29, 1.82) is 0 Å². The van der Waals surface area contributed by atoms with Gasteiger partial charge in [-0.2, -0.15) is 10.2 Å². The van der Waals surface area contributed by atoms with E-state index in [0.717, 1.165) is 29.6 Å². The minimum absolute atomic E-state index is 0.218. The molecule has 25 heavy (non-hydrogen) atoms. The summed E-state index contributed by atoms with van der Waals surface area (Å²) in [6, 6.07) is 4.13. The fraction of sp³-hybridized carbons (Fsp3) is 0.444. The van der Waals surface area contributed by atoms with E-state index in [1.165, 1.54) is 12.8 Å². The number of amides is 1. The predicted molar refractivity (Wildman–Crippen MR) is 95.7 cm³/mol. The molecule has 130 valence electrons. The smallest absolute Gasteiger partial charge is 0.258 e. The van der Waals surface area contributed by atoms with Crippen LogP contribution in [-0.4, -0.2) is 30.9 Å². The van der Waals surface area contributed by atoms with Crippen LogP contribution in [0.5, 0.6) is 0 Å². The Hall–Kier alpha value is -2.70. The van der Waals surface area contributed by atoms with E-state index < -0.39 is 0 Å². The number of anilines is 1. The quantitative estimate of drug-likeness (QED) is 0.760. The number of nitrogens with one attached hydrogen (secondary N) is 2. The summed E-state index contributed by atoms with van der Waals surface area (Å²) in [5, 5.41) is 15.3. The van der Waals surface area contributed by atoms with Gasteiger partial charge in [-0.3, -0.25) is 9.89 Å². The van der Waals surface area contributed by atoms with Crippen molar-refractivity contribution in [2.75, 3.05) is 5.32 Å². The van der Waals surface area contributed by atoms with E-state index in [1.807, 2.05) is 16.8 Å². The molecule has 3 aromatic rings. The summed E-state index contributed by atoms with van der Waals surface area (Å²) in [7, 11) is 0. The fourth-order valence-corrected chi connectivity index (χ4v) is 3.37. The van der Waals surface area contributed by atoms with Gasteiger partial charge in [-0.05, 0) is 24.8 Å². The second-order valence-corrected chi connectivity index (χ2v) is 6.98. The molecule has 0 bridgehead atoms. The third kappa shape index (κ3) is 3.01. The van der Waals surface area contributed by atoms with Gasteiger partial charge in [-0.1, -0.05) is 26.7 Å². The first-order chi connectivity index (χ1) is 12.1. The lowest BCUT2D eigenvalue weighted by Gasteiger charge is -2.10. The molecule has 1 aliphatic carbocycles. The summed E-state index contributed by atoms with van der Waals surface area (Å²) in [6.07, 6.45) is 8.20. The third-order valence-electron chi connectivity index (χ3n) is 4.83. The van der Waals surface area contributed by atoms with Crippen molar-refractivity contribution in [1.82, 2.24) is 25.0 Å². The topological polar surface area (TPSA) is 88.5 Å². The van der Waals surface area contributed by atoms with Gasteiger partial charge >= 0.3 is 0 Å². The van der Waals surface area contributed by atoms with Gasteiger partial charge < -0.3 is 5.32 Å². The van der Waals surface area contributed by atoms with E-state index in [2.05, 4.69) is 39.4 Å². The van der Waals surface area contributed by atoms with E-state index in [0.29, 0.717) is 23.3 Å². The Morgan fingerprint density at radius 2 is 2.08 bits per heavy atom. The minimum Gasteiger partial charge on any atom is -0.305 e. The number of H-pyrrole nitrogens is 1. The standard InChI is InChI=1S/C18H22N6O/c1-11(2)15-8-16(23-22-15)21-18(25)13-7-12-10-20-24(17(12)19-9-13)14-5-3-4-6-14/h7-11,14H,3-6H2,1-2H3,(H2,21,22,23,25). The summed E-state index contributed by atoms with van der Waals surface area (Å²) < 4.78 is 2.01. The molecule has 1 aliphatic rings. The molecule has 1 fully saturated rings. The molecule has 7 heteroatoms. The van der Waals surface area contributed by atoms with Crippen LogP contribution in [0.1, 0.15) is 67.5 Å². The van der Waals surface area contributed by atoms with E-state index in [9.17, 15) is 4.79 Å². The van der Waals surface area contributed by atoms with Crippen molar-refractivity contribution < 1.29 is 4.79 Å². The first-order valence-electron chi connectivity index (χ1n) is 8.82. The second-order valence-electron chi connectivity index (χ2n) is 6.98. The van der Waals surface area contributed by atoms with Crippen LogP contribution in [0, 0.1) is 0 Å². The lowest BCUT2D eigenvalue weighted by Crippen LogP contribution is -2.13. The van der Waals surface area contributed by atoms with Gasteiger partial charge in [0.1, 0.15) is 0 Å². The fourth-order valence-electron chi connectivity index (χ4n) is 3.37. The molecule has 0 spiro atoms. The van der Waals surface area contributed by atoms with Crippen LogP contribution in [0.15, 0.2) is 24.5 Å². The Balaban J connectivity index is 1.55. The van der Waals surface area contributed by atoms with Gasteiger partial charge in [-0.15, -0.1) is 0 Å². The van der Waals surface area contributed by atoms with Crippen molar-refractivity contribution in [3.8, 4) is 0 Å². The van der Waals surface area contributed by atoms with Crippen LogP contribution >= 0.6 is 0 Å². The summed E-state index contributed by atoms with van der Waals surface area (Å²) in [5.74, 6) is 0.637. The summed E-state index contributed by atoms with van der Waals surface area (Å²) in [5.41, 5.74) is 2.35. The van der Waals surface area contributed by atoms with Gasteiger partial charge in [0.15, 0.2) is 11.5 Å². The molecule has 0 atom stereocenters. The van der Waals surface area contributed by atoms with Crippen molar-refractivity contribution in [2.24, 2.45) is 0 Å². The van der Waals surface area contributed by atoms with Crippen LogP contribution < -0.4 is 5.32 Å². The SMILES string of the molecule is CC(C)c1cc(NC(=O)c2cnc3c(cnn3C3CCCC3)c2)n[nH]1. The molecule has 0 radical (unpaired) electrons. The zero-order valence-corrected chi connectivity index (χ0v) is 14.5. The molecule has 2 N–H and O–H groups in total. The van der Waals surface area contributed by atoms with Crippen LogP contribution in [0.4, 0.5) is 5.82 Å². The first kappa shape index (κ1) is 15.8. The van der Waals surface area contributed by atoms with Gasteiger partial charge in [0.05, 0.1) is 17.8 Å².